The topological polar surface area (TPSA) is 29.9 Å². The zero-order chi connectivity index (χ0) is 11.0. The lowest BCUT2D eigenvalue weighted by Gasteiger charge is -2.12. The summed E-state index contributed by atoms with van der Waals surface area (Å²) in [5, 5.41) is 9.26. The number of aromatic nitrogens is 2. The summed E-state index contributed by atoms with van der Waals surface area (Å²) in [6.45, 7) is 2.01. The van der Waals surface area contributed by atoms with Gasteiger partial charge in [0.05, 0.1) is 11.2 Å². The van der Waals surface area contributed by atoms with Crippen molar-refractivity contribution in [3.63, 3.8) is 0 Å². The smallest absolute Gasteiger partial charge is 0.0971 e. The van der Waals surface area contributed by atoms with Crippen LogP contribution < -0.4 is 5.32 Å². The third-order valence-electron chi connectivity index (χ3n) is 3.09. The molecule has 0 radical (unpaired) electrons. The summed E-state index contributed by atoms with van der Waals surface area (Å²) < 4.78 is 1.96. The van der Waals surface area contributed by atoms with Gasteiger partial charge in [0.15, 0.2) is 0 Å². The van der Waals surface area contributed by atoms with Crippen LogP contribution in [-0.2, 0) is 7.05 Å². The van der Waals surface area contributed by atoms with Gasteiger partial charge in [-0.05, 0) is 24.6 Å². The Morgan fingerprint density at radius 2 is 2.19 bits per heavy atom. The number of nitrogens with zero attached hydrogens (tertiary/aromatic N) is 2. The summed E-state index contributed by atoms with van der Waals surface area (Å²) in [7, 11) is 2.00. The Labute approximate surface area is 94.8 Å². The molecule has 3 heteroatoms. The molecule has 0 saturated carbocycles. The van der Waals surface area contributed by atoms with Crippen molar-refractivity contribution in [3.05, 3.63) is 36.0 Å². The van der Waals surface area contributed by atoms with Gasteiger partial charge in [-0.2, -0.15) is 5.10 Å². The normalized spacial score (nSPS) is 16.4. The zero-order valence-electron chi connectivity index (χ0n) is 9.40. The molecular weight excluding hydrogens is 198 g/mol. The molecule has 3 nitrogen and oxygen atoms in total. The number of nitrogens with one attached hydrogen (secondary N) is 1. The largest absolute Gasteiger partial charge is 0.312 e. The van der Waals surface area contributed by atoms with Crippen LogP contribution in [0.1, 0.15) is 12.1 Å². The first kappa shape index (κ1) is 9.60. The van der Waals surface area contributed by atoms with Crippen molar-refractivity contribution in [2.75, 3.05) is 13.1 Å². The number of aryl methyl sites for hydroxylation is 1. The summed E-state index contributed by atoms with van der Waals surface area (Å²) in [5.74, 6) is 0. The van der Waals surface area contributed by atoms with Crippen molar-refractivity contribution in [2.45, 2.75) is 6.42 Å². The SMILES string of the molecule is Cn1nc(C2=CCCNC2)c2ccccc21. The molecule has 1 aliphatic rings. The molecule has 2 aromatic rings. The fourth-order valence-electron chi connectivity index (χ4n) is 2.28. The molecule has 1 aromatic heterocycles. The Balaban J connectivity index is 2.20. The van der Waals surface area contributed by atoms with Crippen LogP contribution in [-0.4, -0.2) is 22.9 Å². The maximum absolute atomic E-state index is 4.62. The molecule has 0 atom stereocenters. The first-order valence-electron chi connectivity index (χ1n) is 5.68. The van der Waals surface area contributed by atoms with Gasteiger partial charge in [-0.1, -0.05) is 24.3 Å². The number of benzene rings is 1. The molecule has 1 aliphatic heterocycles. The van der Waals surface area contributed by atoms with Crippen LogP contribution in [0.2, 0.25) is 0 Å². The van der Waals surface area contributed by atoms with Crippen LogP contribution in [0.25, 0.3) is 16.5 Å². The van der Waals surface area contributed by atoms with Gasteiger partial charge in [0, 0.05) is 19.0 Å². The highest BCUT2D eigenvalue weighted by atomic mass is 15.3. The minimum Gasteiger partial charge on any atom is -0.312 e. The average molecular weight is 213 g/mol. The molecule has 2 heterocycles. The molecule has 0 amide bonds. The van der Waals surface area contributed by atoms with Crippen LogP contribution >= 0.6 is 0 Å². The van der Waals surface area contributed by atoms with Crippen LogP contribution in [0.15, 0.2) is 30.3 Å². The molecule has 16 heavy (non-hydrogen) atoms. The first-order valence-corrected chi connectivity index (χ1v) is 5.68. The van der Waals surface area contributed by atoms with E-state index in [9.17, 15) is 0 Å². The van der Waals surface area contributed by atoms with Gasteiger partial charge in [-0.3, -0.25) is 4.68 Å². The van der Waals surface area contributed by atoms with Crippen molar-refractivity contribution in [2.24, 2.45) is 7.05 Å². The standard InChI is InChI=1S/C13H15N3/c1-16-12-7-3-2-6-11(12)13(15-16)10-5-4-8-14-9-10/h2-3,5-7,14H,4,8-9H2,1H3. The van der Waals surface area contributed by atoms with E-state index in [1.807, 2.05) is 11.7 Å². The second-order valence-corrected chi connectivity index (χ2v) is 4.18. The Bertz CT molecular complexity index is 551. The molecule has 0 bridgehead atoms. The summed E-state index contributed by atoms with van der Waals surface area (Å²) in [6.07, 6.45) is 3.39. The van der Waals surface area contributed by atoms with Gasteiger partial charge < -0.3 is 5.32 Å². The van der Waals surface area contributed by atoms with E-state index in [0.717, 1.165) is 25.2 Å². The molecule has 0 spiro atoms. The van der Waals surface area contributed by atoms with E-state index in [0.29, 0.717) is 0 Å². The van der Waals surface area contributed by atoms with E-state index in [4.69, 9.17) is 0 Å². The lowest BCUT2D eigenvalue weighted by atomic mass is 10.0. The summed E-state index contributed by atoms with van der Waals surface area (Å²) in [6, 6.07) is 8.39. The summed E-state index contributed by atoms with van der Waals surface area (Å²) in [5.41, 5.74) is 3.65. The molecule has 0 unspecified atom stereocenters. The van der Waals surface area contributed by atoms with Gasteiger partial charge >= 0.3 is 0 Å². The van der Waals surface area contributed by atoms with Crippen molar-refractivity contribution < 1.29 is 0 Å². The number of fused-ring (bicyclic) bond motifs is 1. The fourth-order valence-corrected chi connectivity index (χ4v) is 2.28. The van der Waals surface area contributed by atoms with Gasteiger partial charge in [-0.25, -0.2) is 0 Å². The lowest BCUT2D eigenvalue weighted by molar-refractivity contribution is 0.730. The van der Waals surface area contributed by atoms with Gasteiger partial charge in [0.2, 0.25) is 0 Å². The zero-order valence-corrected chi connectivity index (χ0v) is 9.40. The molecule has 82 valence electrons. The van der Waals surface area contributed by atoms with Crippen molar-refractivity contribution in [1.82, 2.24) is 15.1 Å². The number of para-hydroxylation sites is 1. The van der Waals surface area contributed by atoms with Gasteiger partial charge in [0.1, 0.15) is 0 Å². The third-order valence-corrected chi connectivity index (χ3v) is 3.09. The van der Waals surface area contributed by atoms with E-state index in [1.165, 1.54) is 16.5 Å². The van der Waals surface area contributed by atoms with Crippen molar-refractivity contribution in [1.29, 1.82) is 0 Å². The molecule has 1 aromatic carbocycles. The quantitative estimate of drug-likeness (QED) is 0.784. The Morgan fingerprint density at radius 3 is 3.00 bits per heavy atom. The Hall–Kier alpha value is -1.61. The van der Waals surface area contributed by atoms with Crippen LogP contribution in [0.4, 0.5) is 0 Å². The molecule has 3 rings (SSSR count). The van der Waals surface area contributed by atoms with Crippen molar-refractivity contribution in [3.8, 4) is 0 Å². The maximum atomic E-state index is 4.62. The van der Waals surface area contributed by atoms with E-state index in [-0.39, 0.29) is 0 Å². The van der Waals surface area contributed by atoms with Crippen LogP contribution in [0.3, 0.4) is 0 Å². The third kappa shape index (κ3) is 1.44. The second-order valence-electron chi connectivity index (χ2n) is 4.18. The van der Waals surface area contributed by atoms with Gasteiger partial charge in [-0.15, -0.1) is 0 Å². The summed E-state index contributed by atoms with van der Waals surface area (Å²) >= 11 is 0. The van der Waals surface area contributed by atoms with E-state index in [2.05, 4.69) is 40.8 Å². The van der Waals surface area contributed by atoms with E-state index < -0.39 is 0 Å². The Morgan fingerprint density at radius 1 is 1.31 bits per heavy atom. The highest BCUT2D eigenvalue weighted by molar-refractivity contribution is 5.91. The second kappa shape index (κ2) is 3.76. The number of rotatable bonds is 1. The molecule has 1 N–H and O–H groups in total. The van der Waals surface area contributed by atoms with Gasteiger partial charge in [0.25, 0.3) is 0 Å². The van der Waals surface area contributed by atoms with Crippen LogP contribution in [0, 0.1) is 0 Å². The highest BCUT2D eigenvalue weighted by Gasteiger charge is 2.13. The van der Waals surface area contributed by atoms with E-state index in [1.54, 1.807) is 0 Å². The summed E-state index contributed by atoms with van der Waals surface area (Å²) in [4.78, 5) is 0. The predicted octanol–water partition coefficient (Wildman–Crippen LogP) is 1.95. The highest BCUT2D eigenvalue weighted by Crippen LogP contribution is 2.24. The molecule has 0 aliphatic carbocycles. The fraction of sp³-hybridized carbons (Fsp3) is 0.308. The monoisotopic (exact) mass is 213 g/mol. The number of hydrogen-bond acceptors (Lipinski definition) is 2. The van der Waals surface area contributed by atoms with Crippen molar-refractivity contribution >= 4 is 16.5 Å². The first-order chi connectivity index (χ1) is 7.86. The molecule has 0 saturated heterocycles. The maximum Gasteiger partial charge on any atom is 0.0971 e. The number of hydrogen-bond donors (Lipinski definition) is 1. The Kier molecular flexibility index (Phi) is 2.26. The minimum absolute atomic E-state index is 0.932. The molecule has 0 fully saturated rings. The predicted molar refractivity (Wildman–Crippen MR) is 66.2 cm³/mol. The minimum atomic E-state index is 0.932. The lowest BCUT2D eigenvalue weighted by Crippen LogP contribution is -2.21. The van der Waals surface area contributed by atoms with E-state index >= 15 is 0 Å². The van der Waals surface area contributed by atoms with Crippen LogP contribution in [0.5, 0.6) is 0 Å². The molecular formula is C13H15N3. The average Bonchev–Trinajstić information content (AvgIpc) is 2.69.